The molecule has 0 aromatic carbocycles. The maximum absolute atomic E-state index is 13.5. The van der Waals surface area contributed by atoms with Crippen LogP contribution in [-0.2, 0) is 11.3 Å². The zero-order chi connectivity index (χ0) is 35.9. The van der Waals surface area contributed by atoms with Gasteiger partial charge in [0.2, 0.25) is 0 Å². The summed E-state index contributed by atoms with van der Waals surface area (Å²) in [6.45, 7) is 14.5. The van der Waals surface area contributed by atoms with Crippen LogP contribution < -0.4 is 14.8 Å². The number of thioether (sulfide) groups is 1. The van der Waals surface area contributed by atoms with Crippen LogP contribution in [0.5, 0.6) is 0 Å². The van der Waals surface area contributed by atoms with Crippen LogP contribution in [0.25, 0.3) is 30.3 Å². The van der Waals surface area contributed by atoms with Crippen LogP contribution in [0.1, 0.15) is 142 Å². The van der Waals surface area contributed by atoms with Gasteiger partial charge in [0.05, 0.1) is 14.1 Å². The van der Waals surface area contributed by atoms with Gasteiger partial charge in [0, 0.05) is 25.2 Å². The highest BCUT2D eigenvalue weighted by Gasteiger charge is 2.33. The lowest BCUT2D eigenvalue weighted by Gasteiger charge is -2.23. The Hall–Kier alpha value is -2.62. The molecule has 3 aromatic rings. The van der Waals surface area contributed by atoms with Crippen LogP contribution in [0, 0.1) is 11.8 Å². The van der Waals surface area contributed by atoms with E-state index in [9.17, 15) is 9.59 Å². The molecule has 0 radical (unpaired) electrons. The van der Waals surface area contributed by atoms with Gasteiger partial charge in [-0.2, -0.15) is 0 Å². The Morgan fingerprint density at radius 2 is 1.24 bits per heavy atom. The third-order valence-electron chi connectivity index (χ3n) is 9.65. The first-order valence-electron chi connectivity index (χ1n) is 19.1. The molecule has 4 heterocycles. The van der Waals surface area contributed by atoms with Gasteiger partial charge >= 0.3 is 0 Å². The molecule has 2 unspecified atom stereocenters. The first-order chi connectivity index (χ1) is 24.3. The van der Waals surface area contributed by atoms with E-state index in [1.807, 2.05) is 28.8 Å². The molecule has 0 N–H and O–H groups in total. The minimum atomic E-state index is -0.0394. The smallest absolute Gasteiger partial charge is 0.269 e. The fourth-order valence-electron chi connectivity index (χ4n) is 6.66. The first kappa shape index (κ1) is 40.2. The minimum absolute atomic E-state index is 0.00113. The lowest BCUT2D eigenvalue weighted by molar-refractivity contribution is -0.122. The van der Waals surface area contributed by atoms with Crippen LogP contribution in [0.15, 0.2) is 42.8 Å². The summed E-state index contributed by atoms with van der Waals surface area (Å²) in [7, 11) is 0. The summed E-state index contributed by atoms with van der Waals surface area (Å²) < 4.78 is 16.1. The minimum Gasteiger partial charge on any atom is -0.453 e. The number of thiocarbonyl (C=S) groups is 1. The molecule has 1 aliphatic heterocycles. The van der Waals surface area contributed by atoms with Crippen LogP contribution >= 0.6 is 35.3 Å². The molecule has 1 fully saturated rings. The maximum atomic E-state index is 13.5. The number of carbonyl (C=O) groups is 1. The van der Waals surface area contributed by atoms with Crippen LogP contribution in [0.3, 0.4) is 0 Å². The predicted molar refractivity (Wildman–Crippen MR) is 217 cm³/mol. The zero-order valence-corrected chi connectivity index (χ0v) is 33.3. The van der Waals surface area contributed by atoms with E-state index in [0.717, 1.165) is 43.3 Å². The molecular weight excluding hydrogens is 681 g/mol. The van der Waals surface area contributed by atoms with Crippen LogP contribution in [0.2, 0.25) is 0 Å². The number of rotatable bonds is 23. The fourth-order valence-corrected chi connectivity index (χ4v) is 8.81. The number of hydrogen-bond acceptors (Lipinski definition) is 7. The van der Waals surface area contributed by atoms with Gasteiger partial charge in [0.25, 0.3) is 11.5 Å². The number of aromatic nitrogens is 1. The second-order valence-corrected chi connectivity index (χ2v) is 16.6. The quantitative estimate of drug-likeness (QED) is 0.0548. The van der Waals surface area contributed by atoms with Crippen LogP contribution in [0.4, 0.5) is 0 Å². The van der Waals surface area contributed by atoms with Gasteiger partial charge < -0.3 is 8.83 Å². The third-order valence-corrected chi connectivity index (χ3v) is 12.0. The predicted octanol–water partition coefficient (Wildman–Crippen LogP) is 10.8. The Bertz CT molecular complexity index is 1710. The normalized spacial score (nSPS) is 16.0. The zero-order valence-electron chi connectivity index (χ0n) is 30.8. The monoisotopic (exact) mass is 738 g/mol. The van der Waals surface area contributed by atoms with E-state index < -0.39 is 0 Å². The summed E-state index contributed by atoms with van der Waals surface area (Å²) in [6.07, 6.45) is 22.7. The number of furan rings is 2. The van der Waals surface area contributed by atoms with Crippen molar-refractivity contribution in [2.24, 2.45) is 11.8 Å². The third kappa shape index (κ3) is 11.7. The average Bonchev–Trinajstić information content (AvgIpc) is 3.88. The van der Waals surface area contributed by atoms with E-state index in [1.54, 1.807) is 17.1 Å². The van der Waals surface area contributed by atoms with Crippen molar-refractivity contribution in [3.8, 4) is 11.5 Å². The Kier molecular flexibility index (Phi) is 16.9. The van der Waals surface area contributed by atoms with Gasteiger partial charge in [-0.15, -0.1) is 11.3 Å². The molecule has 6 nitrogen and oxygen atoms in total. The molecule has 9 heteroatoms. The van der Waals surface area contributed by atoms with Gasteiger partial charge in [0.1, 0.15) is 15.8 Å². The Balaban J connectivity index is 1.43. The van der Waals surface area contributed by atoms with Crippen molar-refractivity contribution in [2.75, 3.05) is 6.54 Å². The summed E-state index contributed by atoms with van der Waals surface area (Å²) in [5.74, 6) is 3.19. The molecule has 0 aliphatic carbocycles. The summed E-state index contributed by atoms with van der Waals surface area (Å²) in [5, 5.41) is 0. The molecule has 4 rings (SSSR count). The average molecular weight is 739 g/mol. The highest BCUT2D eigenvalue weighted by atomic mass is 32.2. The largest absolute Gasteiger partial charge is 0.453 e. The summed E-state index contributed by atoms with van der Waals surface area (Å²) in [4.78, 5) is 29.3. The van der Waals surface area contributed by atoms with Crippen molar-refractivity contribution in [1.82, 2.24) is 9.47 Å². The van der Waals surface area contributed by atoms with Gasteiger partial charge in [-0.05, 0) is 61.8 Å². The lowest BCUT2D eigenvalue weighted by Crippen LogP contribution is -2.33. The Morgan fingerprint density at radius 1 is 0.720 bits per heavy atom. The van der Waals surface area contributed by atoms with E-state index in [-0.39, 0.29) is 11.5 Å². The van der Waals surface area contributed by atoms with Crippen molar-refractivity contribution in [3.05, 3.63) is 60.2 Å². The molecule has 1 amide bonds. The van der Waals surface area contributed by atoms with Crippen LogP contribution in [-0.4, -0.2) is 26.2 Å². The molecule has 0 spiro atoms. The van der Waals surface area contributed by atoms with Gasteiger partial charge in [0.15, 0.2) is 11.5 Å². The molecule has 0 bridgehead atoms. The number of amides is 1. The second kappa shape index (κ2) is 21.0. The van der Waals surface area contributed by atoms with Gasteiger partial charge in [-0.25, -0.2) is 0 Å². The van der Waals surface area contributed by atoms with E-state index in [2.05, 4.69) is 34.3 Å². The SMILES string of the molecule is C=c1s/c(=C\c2ccc(-c3ccc(/C=C4\SC(=S)N(CC(CCCC)CCCCCC)C4=O)o3)o2)c(=O)n1CC(CCCC)CCCCCC. The number of nitrogens with zero attached hydrogens (tertiary/aromatic N) is 2. The Labute approximate surface area is 313 Å². The maximum Gasteiger partial charge on any atom is 0.269 e. The van der Waals surface area contributed by atoms with E-state index in [4.69, 9.17) is 21.1 Å². The molecule has 0 saturated carbocycles. The molecular formula is C41H58N2O4S3. The fraction of sp³-hybridized carbons (Fsp3) is 0.585. The number of unbranched alkanes of at least 4 members (excludes halogenated alkanes) is 8. The van der Waals surface area contributed by atoms with Crippen molar-refractivity contribution in [1.29, 1.82) is 0 Å². The van der Waals surface area contributed by atoms with Crippen molar-refractivity contribution >= 4 is 64.3 Å². The first-order valence-corrected chi connectivity index (χ1v) is 21.2. The second-order valence-electron chi connectivity index (χ2n) is 13.8. The number of thiazole rings is 1. The van der Waals surface area contributed by atoms with E-state index in [1.165, 1.54) is 93.7 Å². The lowest BCUT2D eigenvalue weighted by atomic mass is 9.94. The van der Waals surface area contributed by atoms with Gasteiger partial charge in [-0.1, -0.05) is 135 Å². The molecule has 2 atom stereocenters. The van der Waals surface area contributed by atoms with Crippen molar-refractivity contribution in [2.45, 2.75) is 137 Å². The molecule has 1 saturated heterocycles. The van der Waals surface area contributed by atoms with Crippen molar-refractivity contribution < 1.29 is 13.6 Å². The van der Waals surface area contributed by atoms with Crippen molar-refractivity contribution in [3.63, 3.8) is 0 Å². The molecule has 274 valence electrons. The number of hydrogen-bond donors (Lipinski definition) is 0. The molecule has 1 aliphatic rings. The Morgan fingerprint density at radius 3 is 1.80 bits per heavy atom. The highest BCUT2D eigenvalue weighted by Crippen LogP contribution is 2.35. The summed E-state index contributed by atoms with van der Waals surface area (Å²) in [6, 6.07) is 7.38. The van der Waals surface area contributed by atoms with E-state index >= 15 is 0 Å². The molecule has 50 heavy (non-hydrogen) atoms. The van der Waals surface area contributed by atoms with Gasteiger partial charge in [-0.3, -0.25) is 19.1 Å². The number of carbonyl (C=O) groups excluding carboxylic acids is 1. The summed E-state index contributed by atoms with van der Waals surface area (Å²) >= 11 is 8.43. The standard InChI is InChI=1S/C41H58N2O4S3/c1-6-10-14-16-20-31(18-12-8-3)28-42-30(5)49-37(39(42)44)26-33-22-24-35(46-33)36-25-23-34(47-36)27-38-40(45)43(41(48)50-38)29-32(19-13-9-4)21-17-15-11-7-2/h22-27,31-32H,5-21,28-29H2,1-4H3/b37-26-,38-27-. The highest BCUT2D eigenvalue weighted by molar-refractivity contribution is 8.26. The molecule has 3 aromatic heterocycles. The topological polar surface area (TPSA) is 68.6 Å². The summed E-state index contributed by atoms with van der Waals surface area (Å²) in [5.41, 5.74) is -0.00113. The van der Waals surface area contributed by atoms with E-state index in [0.29, 0.717) is 55.2 Å².